The summed E-state index contributed by atoms with van der Waals surface area (Å²) >= 11 is 0. The van der Waals surface area contributed by atoms with E-state index in [4.69, 9.17) is 5.73 Å². The number of carbonyl (C=O) groups is 2. The van der Waals surface area contributed by atoms with Crippen LogP contribution in [-0.2, 0) is 16.0 Å². The van der Waals surface area contributed by atoms with Crippen LogP contribution in [0, 0.1) is 28.9 Å². The molecule has 1 aromatic rings. The van der Waals surface area contributed by atoms with Gasteiger partial charge in [0.1, 0.15) is 11.6 Å². The van der Waals surface area contributed by atoms with Crippen LogP contribution in [0.25, 0.3) is 0 Å². The molecule has 6 heteroatoms. The predicted octanol–water partition coefficient (Wildman–Crippen LogP) is 3.58. The maximum atomic E-state index is 13.4. The number of aryl methyl sites for hydroxylation is 1. The topological polar surface area (TPSA) is 72.2 Å². The molecule has 0 saturated carbocycles. The van der Waals surface area contributed by atoms with Crippen molar-refractivity contribution in [3.63, 3.8) is 0 Å². The number of carbonyl (C=O) groups excluding carboxylic acids is 2. The Morgan fingerprint density at radius 2 is 1.54 bits per heavy atom. The molecule has 26 heavy (non-hydrogen) atoms. The third kappa shape index (κ3) is 6.73. The first-order valence-electron chi connectivity index (χ1n) is 8.77. The van der Waals surface area contributed by atoms with Gasteiger partial charge in [0, 0.05) is 11.6 Å². The largest absolute Gasteiger partial charge is 0.369 e. The zero-order valence-electron chi connectivity index (χ0n) is 16.5. The Balaban J connectivity index is 3.08. The lowest BCUT2D eigenvalue weighted by Gasteiger charge is -2.36. The van der Waals surface area contributed by atoms with Crippen LogP contribution in [0.15, 0.2) is 18.2 Å². The minimum absolute atomic E-state index is 0.234. The summed E-state index contributed by atoms with van der Waals surface area (Å²) in [7, 11) is 0. The highest BCUT2D eigenvalue weighted by Crippen LogP contribution is 2.35. The highest BCUT2D eigenvalue weighted by atomic mass is 19.1. The molecule has 2 atom stereocenters. The molecule has 0 saturated heterocycles. The summed E-state index contributed by atoms with van der Waals surface area (Å²) in [5.74, 6) is -3.59. The normalized spacial score (nSPS) is 14.6. The van der Waals surface area contributed by atoms with E-state index in [1.165, 1.54) is 12.1 Å². The molecule has 1 aromatic carbocycles. The summed E-state index contributed by atoms with van der Waals surface area (Å²) in [6, 6.07) is 3.24. The van der Waals surface area contributed by atoms with Crippen LogP contribution in [0.5, 0.6) is 0 Å². The van der Waals surface area contributed by atoms with Gasteiger partial charge >= 0.3 is 0 Å². The number of benzene rings is 1. The lowest BCUT2D eigenvalue weighted by Crippen LogP contribution is -2.51. The van der Waals surface area contributed by atoms with Gasteiger partial charge in [0.2, 0.25) is 11.8 Å². The molecule has 0 unspecified atom stereocenters. The first-order chi connectivity index (χ1) is 11.7. The molecule has 1 rings (SSSR count). The van der Waals surface area contributed by atoms with Crippen molar-refractivity contribution < 1.29 is 18.4 Å². The molecule has 0 fully saturated rings. The van der Waals surface area contributed by atoms with E-state index in [2.05, 4.69) is 5.32 Å². The SMILES string of the molecule is CC(C)(C)NC(=O)[C@@H]([C@H](CCc1cc(F)cc(F)c1)C(N)=O)C(C)(C)C. The minimum Gasteiger partial charge on any atom is -0.369 e. The molecule has 0 spiro atoms. The van der Waals surface area contributed by atoms with Crippen molar-refractivity contribution in [3.05, 3.63) is 35.4 Å². The van der Waals surface area contributed by atoms with Crippen molar-refractivity contribution in [3.8, 4) is 0 Å². The summed E-state index contributed by atoms with van der Waals surface area (Å²) in [6.45, 7) is 11.2. The van der Waals surface area contributed by atoms with E-state index >= 15 is 0 Å². The average Bonchev–Trinajstić information content (AvgIpc) is 2.38. The van der Waals surface area contributed by atoms with Crippen molar-refractivity contribution in [2.45, 2.75) is 59.9 Å². The van der Waals surface area contributed by atoms with Crippen LogP contribution in [0.3, 0.4) is 0 Å². The monoisotopic (exact) mass is 368 g/mol. The third-order valence-electron chi connectivity index (χ3n) is 4.15. The van der Waals surface area contributed by atoms with Gasteiger partial charge in [-0.3, -0.25) is 9.59 Å². The Bertz CT molecular complexity index is 641. The van der Waals surface area contributed by atoms with Crippen molar-refractivity contribution >= 4 is 11.8 Å². The van der Waals surface area contributed by atoms with Gasteiger partial charge in [-0.05, 0) is 56.7 Å². The fourth-order valence-electron chi connectivity index (χ4n) is 3.18. The molecular weight excluding hydrogens is 338 g/mol. The number of amides is 2. The molecule has 146 valence electrons. The van der Waals surface area contributed by atoms with E-state index in [1.807, 2.05) is 41.5 Å². The van der Waals surface area contributed by atoms with Crippen LogP contribution >= 0.6 is 0 Å². The number of hydrogen-bond acceptors (Lipinski definition) is 2. The molecule has 0 radical (unpaired) electrons. The molecular formula is C20H30F2N2O2. The summed E-state index contributed by atoms with van der Waals surface area (Å²) < 4.78 is 26.8. The van der Waals surface area contributed by atoms with Crippen LogP contribution in [0.4, 0.5) is 8.78 Å². The number of hydrogen-bond donors (Lipinski definition) is 2. The lowest BCUT2D eigenvalue weighted by atomic mass is 9.70. The number of nitrogens with one attached hydrogen (secondary N) is 1. The van der Waals surface area contributed by atoms with E-state index in [9.17, 15) is 18.4 Å². The molecule has 0 aliphatic rings. The lowest BCUT2D eigenvalue weighted by molar-refractivity contribution is -0.139. The van der Waals surface area contributed by atoms with Crippen molar-refractivity contribution in [1.82, 2.24) is 5.32 Å². The van der Waals surface area contributed by atoms with Gasteiger partial charge in [0.25, 0.3) is 0 Å². The van der Waals surface area contributed by atoms with E-state index < -0.39 is 40.3 Å². The second-order valence-corrected chi connectivity index (χ2v) is 8.91. The summed E-state index contributed by atoms with van der Waals surface area (Å²) in [5.41, 5.74) is 5.06. The van der Waals surface area contributed by atoms with Gasteiger partial charge in [0.15, 0.2) is 0 Å². The highest BCUT2D eigenvalue weighted by molar-refractivity contribution is 5.87. The molecule has 0 aromatic heterocycles. The van der Waals surface area contributed by atoms with Crippen molar-refractivity contribution in [2.75, 3.05) is 0 Å². The van der Waals surface area contributed by atoms with Gasteiger partial charge in [-0.2, -0.15) is 0 Å². The quantitative estimate of drug-likeness (QED) is 0.806. The Hall–Kier alpha value is -1.98. The molecule has 0 heterocycles. The molecule has 0 aliphatic heterocycles. The van der Waals surface area contributed by atoms with Gasteiger partial charge in [0.05, 0.1) is 11.8 Å². The van der Waals surface area contributed by atoms with Crippen LogP contribution in [0.2, 0.25) is 0 Å². The fourth-order valence-corrected chi connectivity index (χ4v) is 3.18. The first kappa shape index (κ1) is 22.1. The fraction of sp³-hybridized carbons (Fsp3) is 0.600. The van der Waals surface area contributed by atoms with Crippen LogP contribution in [0.1, 0.15) is 53.5 Å². The smallest absolute Gasteiger partial charge is 0.224 e. The summed E-state index contributed by atoms with van der Waals surface area (Å²) in [5, 5.41) is 2.91. The van der Waals surface area contributed by atoms with Crippen molar-refractivity contribution in [2.24, 2.45) is 23.0 Å². The first-order valence-corrected chi connectivity index (χ1v) is 8.77. The van der Waals surface area contributed by atoms with E-state index in [-0.39, 0.29) is 18.7 Å². The average molecular weight is 368 g/mol. The standard InChI is InChI=1S/C20H30F2N2O2/c1-19(2,3)16(18(26)24-20(4,5)6)15(17(23)25)8-7-12-9-13(21)11-14(22)10-12/h9-11,15-16H,7-8H2,1-6H3,(H2,23,25)(H,24,26)/t15-,16+/m0/s1. The summed E-state index contributed by atoms with van der Waals surface area (Å²) in [4.78, 5) is 24.9. The summed E-state index contributed by atoms with van der Waals surface area (Å²) in [6.07, 6.45) is 0.482. The number of nitrogens with two attached hydrogens (primary N) is 1. The van der Waals surface area contributed by atoms with E-state index in [1.54, 1.807) is 0 Å². The maximum Gasteiger partial charge on any atom is 0.224 e. The zero-order chi connectivity index (χ0) is 20.3. The number of primary amides is 1. The second-order valence-electron chi connectivity index (χ2n) is 8.91. The molecule has 0 bridgehead atoms. The van der Waals surface area contributed by atoms with E-state index in [0.29, 0.717) is 5.56 Å². The van der Waals surface area contributed by atoms with Gasteiger partial charge in [-0.15, -0.1) is 0 Å². The zero-order valence-corrected chi connectivity index (χ0v) is 16.5. The molecule has 2 amide bonds. The number of rotatable bonds is 6. The molecule has 0 aliphatic carbocycles. The van der Waals surface area contributed by atoms with Crippen LogP contribution in [-0.4, -0.2) is 17.4 Å². The Morgan fingerprint density at radius 3 is 1.92 bits per heavy atom. The maximum absolute atomic E-state index is 13.4. The van der Waals surface area contributed by atoms with Gasteiger partial charge < -0.3 is 11.1 Å². The van der Waals surface area contributed by atoms with Gasteiger partial charge in [-0.1, -0.05) is 20.8 Å². The van der Waals surface area contributed by atoms with Crippen LogP contribution < -0.4 is 11.1 Å². The Morgan fingerprint density at radius 1 is 1.04 bits per heavy atom. The predicted molar refractivity (Wildman–Crippen MR) is 98.2 cm³/mol. The molecule has 3 N–H and O–H groups in total. The number of halogens is 2. The van der Waals surface area contributed by atoms with Gasteiger partial charge in [-0.25, -0.2) is 8.78 Å². The third-order valence-corrected chi connectivity index (χ3v) is 4.15. The second kappa shape index (κ2) is 8.14. The molecule has 4 nitrogen and oxygen atoms in total. The Labute approximate surface area is 154 Å². The Kier molecular flexibility index (Phi) is 6.91. The van der Waals surface area contributed by atoms with Crippen molar-refractivity contribution in [1.29, 1.82) is 0 Å². The van der Waals surface area contributed by atoms with E-state index in [0.717, 1.165) is 6.07 Å². The minimum atomic E-state index is -0.747. The highest BCUT2D eigenvalue weighted by Gasteiger charge is 2.41.